The topological polar surface area (TPSA) is 40.5 Å². The van der Waals surface area contributed by atoms with Crippen molar-refractivity contribution in [2.45, 2.75) is 12.3 Å². The van der Waals surface area contributed by atoms with E-state index >= 15 is 0 Å². The van der Waals surface area contributed by atoms with Crippen LogP contribution in [0.1, 0.15) is 17.0 Å². The summed E-state index contributed by atoms with van der Waals surface area (Å²) >= 11 is 0. The maximum atomic E-state index is 13.7. The average molecular weight is 276 g/mol. The van der Waals surface area contributed by atoms with Gasteiger partial charge < -0.3 is 10.2 Å². The molecule has 0 fully saturated rings. The first-order chi connectivity index (χ1) is 9.51. The molecule has 0 saturated carbocycles. The molecular formula is C16H14F2O2. The van der Waals surface area contributed by atoms with Crippen LogP contribution < -0.4 is 0 Å². The van der Waals surface area contributed by atoms with Crippen molar-refractivity contribution in [3.05, 3.63) is 71.8 Å². The fourth-order valence-electron chi connectivity index (χ4n) is 2.06. The Morgan fingerprint density at radius 1 is 1.00 bits per heavy atom. The fourth-order valence-corrected chi connectivity index (χ4v) is 2.06. The maximum Gasteiger partial charge on any atom is 0.133 e. The summed E-state index contributed by atoms with van der Waals surface area (Å²) in [6.45, 7) is 3.68. The molecule has 2 aromatic rings. The first-order valence-electron chi connectivity index (χ1n) is 6.09. The maximum absolute atomic E-state index is 13.7. The Kier molecular flexibility index (Phi) is 4.03. The summed E-state index contributed by atoms with van der Waals surface area (Å²) in [7, 11) is 0. The summed E-state index contributed by atoms with van der Waals surface area (Å²) in [4.78, 5) is 0. The Bertz CT molecular complexity index is 598. The van der Waals surface area contributed by atoms with Gasteiger partial charge in [-0.2, -0.15) is 0 Å². The summed E-state index contributed by atoms with van der Waals surface area (Å²) < 4.78 is 27.4. The number of phenolic OH excluding ortho intramolecular Hbond substituents is 2. The quantitative estimate of drug-likeness (QED) is 0.832. The Morgan fingerprint density at radius 3 is 2.05 bits per heavy atom. The van der Waals surface area contributed by atoms with Crippen LogP contribution >= 0.6 is 0 Å². The number of phenols is 2. The molecule has 0 aromatic heterocycles. The van der Waals surface area contributed by atoms with E-state index in [1.54, 1.807) is 18.2 Å². The van der Waals surface area contributed by atoms with Crippen molar-refractivity contribution in [3.63, 3.8) is 0 Å². The van der Waals surface area contributed by atoms with Crippen LogP contribution in [-0.2, 0) is 6.42 Å². The number of allylic oxidation sites excluding steroid dienone is 1. The minimum atomic E-state index is -0.784. The van der Waals surface area contributed by atoms with Crippen LogP contribution in [0.15, 0.2) is 49.1 Å². The molecule has 1 atom stereocenters. The third kappa shape index (κ3) is 2.96. The molecule has 0 amide bonds. The van der Waals surface area contributed by atoms with Crippen LogP contribution in [0, 0.1) is 11.6 Å². The zero-order valence-corrected chi connectivity index (χ0v) is 10.7. The highest BCUT2D eigenvalue weighted by Gasteiger charge is 2.16. The molecule has 0 radical (unpaired) electrons. The molecule has 0 bridgehead atoms. The van der Waals surface area contributed by atoms with Crippen LogP contribution in [0.3, 0.4) is 0 Å². The van der Waals surface area contributed by atoms with E-state index in [9.17, 15) is 13.9 Å². The highest BCUT2D eigenvalue weighted by molar-refractivity contribution is 5.35. The van der Waals surface area contributed by atoms with E-state index in [-0.39, 0.29) is 23.7 Å². The average Bonchev–Trinajstić information content (AvgIpc) is 2.39. The van der Waals surface area contributed by atoms with E-state index in [1.807, 2.05) is 0 Å². The molecule has 2 nitrogen and oxygen atoms in total. The lowest BCUT2D eigenvalue weighted by Gasteiger charge is -2.14. The van der Waals surface area contributed by atoms with Gasteiger partial charge in [-0.1, -0.05) is 18.2 Å². The number of rotatable bonds is 4. The van der Waals surface area contributed by atoms with E-state index in [1.165, 1.54) is 12.1 Å². The molecule has 2 N–H and O–H groups in total. The Balaban J connectivity index is 2.31. The second-order valence-corrected chi connectivity index (χ2v) is 4.53. The first kappa shape index (κ1) is 14.1. The van der Waals surface area contributed by atoms with Gasteiger partial charge in [0.25, 0.3) is 0 Å². The summed E-state index contributed by atoms with van der Waals surface area (Å²) in [6, 6.07) is 8.14. The summed E-state index contributed by atoms with van der Waals surface area (Å²) in [5.41, 5.74) is 0.699. The van der Waals surface area contributed by atoms with E-state index in [2.05, 4.69) is 6.58 Å². The lowest BCUT2D eigenvalue weighted by molar-refractivity contribution is 0.455. The predicted octanol–water partition coefficient (Wildman–Crippen LogP) is 3.89. The molecule has 0 heterocycles. The second kappa shape index (κ2) is 5.74. The summed E-state index contributed by atoms with van der Waals surface area (Å²) in [5.74, 6) is -2.17. The number of hydrogen-bond donors (Lipinski definition) is 2. The molecule has 20 heavy (non-hydrogen) atoms. The molecule has 104 valence electrons. The van der Waals surface area contributed by atoms with Gasteiger partial charge in [0.05, 0.1) is 0 Å². The van der Waals surface area contributed by atoms with Crippen molar-refractivity contribution < 1.29 is 19.0 Å². The molecule has 4 heteroatoms. The minimum Gasteiger partial charge on any atom is -0.508 e. The van der Waals surface area contributed by atoms with Gasteiger partial charge in [0, 0.05) is 23.6 Å². The van der Waals surface area contributed by atoms with Gasteiger partial charge in [0.1, 0.15) is 23.1 Å². The third-order valence-corrected chi connectivity index (χ3v) is 3.16. The standard InChI is InChI=1S/C16H14F2O2/c1-2-10(11-3-5-12(19)6-4-11)7-14-15(17)8-13(20)9-16(14)18/h2-6,8-10,19-20H,1,7H2. The lowest BCUT2D eigenvalue weighted by Crippen LogP contribution is -2.04. The van der Waals surface area contributed by atoms with Gasteiger partial charge in [-0.05, 0) is 24.1 Å². The molecule has 0 saturated heterocycles. The van der Waals surface area contributed by atoms with Crippen molar-refractivity contribution in [1.82, 2.24) is 0 Å². The van der Waals surface area contributed by atoms with Gasteiger partial charge in [0.2, 0.25) is 0 Å². The summed E-state index contributed by atoms with van der Waals surface area (Å²) in [6.07, 6.45) is 1.68. The molecule has 0 spiro atoms. The SMILES string of the molecule is C=CC(Cc1c(F)cc(O)cc1F)c1ccc(O)cc1. The number of aromatic hydroxyl groups is 2. The van der Waals surface area contributed by atoms with E-state index in [0.717, 1.165) is 17.7 Å². The van der Waals surface area contributed by atoms with Crippen molar-refractivity contribution in [3.8, 4) is 11.5 Å². The van der Waals surface area contributed by atoms with Crippen LogP contribution in [0.4, 0.5) is 8.78 Å². The summed E-state index contributed by atoms with van der Waals surface area (Å²) in [5, 5.41) is 18.4. The van der Waals surface area contributed by atoms with Gasteiger partial charge >= 0.3 is 0 Å². The van der Waals surface area contributed by atoms with E-state index in [0.29, 0.717) is 0 Å². The molecule has 0 aliphatic carbocycles. The Hall–Kier alpha value is -2.36. The Morgan fingerprint density at radius 2 is 1.55 bits per heavy atom. The predicted molar refractivity (Wildman–Crippen MR) is 72.8 cm³/mol. The van der Waals surface area contributed by atoms with Gasteiger partial charge in [-0.25, -0.2) is 8.78 Å². The highest BCUT2D eigenvalue weighted by Crippen LogP contribution is 2.28. The van der Waals surface area contributed by atoms with E-state index < -0.39 is 17.4 Å². The van der Waals surface area contributed by atoms with Crippen molar-refractivity contribution in [2.75, 3.05) is 0 Å². The van der Waals surface area contributed by atoms with Crippen molar-refractivity contribution in [1.29, 1.82) is 0 Å². The van der Waals surface area contributed by atoms with Crippen LogP contribution in [0.5, 0.6) is 11.5 Å². The van der Waals surface area contributed by atoms with Gasteiger partial charge in [-0.15, -0.1) is 6.58 Å². The lowest BCUT2D eigenvalue weighted by atomic mass is 9.91. The number of benzene rings is 2. The molecule has 2 rings (SSSR count). The molecule has 0 aliphatic heterocycles. The number of hydrogen-bond acceptors (Lipinski definition) is 2. The molecule has 1 unspecified atom stereocenters. The van der Waals surface area contributed by atoms with Crippen molar-refractivity contribution in [2.24, 2.45) is 0 Å². The zero-order valence-electron chi connectivity index (χ0n) is 10.7. The smallest absolute Gasteiger partial charge is 0.133 e. The van der Waals surface area contributed by atoms with E-state index in [4.69, 9.17) is 5.11 Å². The first-order valence-corrected chi connectivity index (χ1v) is 6.09. The minimum absolute atomic E-state index is 0.0895. The van der Waals surface area contributed by atoms with Gasteiger partial charge in [-0.3, -0.25) is 0 Å². The molecular weight excluding hydrogens is 262 g/mol. The second-order valence-electron chi connectivity index (χ2n) is 4.53. The largest absolute Gasteiger partial charge is 0.508 e. The fraction of sp³-hybridized carbons (Fsp3) is 0.125. The van der Waals surface area contributed by atoms with Crippen LogP contribution in [0.25, 0.3) is 0 Å². The normalized spacial score (nSPS) is 12.1. The highest BCUT2D eigenvalue weighted by atomic mass is 19.1. The Labute approximate surface area is 115 Å². The third-order valence-electron chi connectivity index (χ3n) is 3.16. The van der Waals surface area contributed by atoms with Gasteiger partial charge in [0.15, 0.2) is 0 Å². The number of halogens is 2. The van der Waals surface area contributed by atoms with Crippen LogP contribution in [0.2, 0.25) is 0 Å². The molecule has 2 aromatic carbocycles. The molecule has 0 aliphatic rings. The van der Waals surface area contributed by atoms with Crippen LogP contribution in [-0.4, -0.2) is 10.2 Å². The zero-order chi connectivity index (χ0) is 14.7. The monoisotopic (exact) mass is 276 g/mol. The van der Waals surface area contributed by atoms with Crippen molar-refractivity contribution >= 4 is 0 Å².